The van der Waals surface area contributed by atoms with Crippen LogP contribution in [0.4, 0.5) is 0 Å². The van der Waals surface area contributed by atoms with E-state index in [1.54, 1.807) is 32.0 Å². The Morgan fingerprint density at radius 2 is 1.58 bits per heavy atom. The summed E-state index contributed by atoms with van der Waals surface area (Å²) in [6.45, 7) is 3.58. The number of carbonyl (C=O) groups is 2. The summed E-state index contributed by atoms with van der Waals surface area (Å²) < 4.78 is 16.0. The molecule has 0 bridgehead atoms. The summed E-state index contributed by atoms with van der Waals surface area (Å²) in [5, 5.41) is 0. The highest BCUT2D eigenvalue weighted by molar-refractivity contribution is 6.12. The van der Waals surface area contributed by atoms with E-state index in [4.69, 9.17) is 14.2 Å². The summed E-state index contributed by atoms with van der Waals surface area (Å²) >= 11 is 0. The zero-order chi connectivity index (χ0) is 17.7. The zero-order valence-corrected chi connectivity index (χ0v) is 14.8. The van der Waals surface area contributed by atoms with Crippen molar-refractivity contribution in [3.8, 4) is 11.5 Å². The highest BCUT2D eigenvalue weighted by Crippen LogP contribution is 2.38. The molecule has 0 saturated heterocycles. The van der Waals surface area contributed by atoms with Crippen LogP contribution >= 0.6 is 0 Å². The van der Waals surface area contributed by atoms with E-state index in [2.05, 4.69) is 0 Å². The van der Waals surface area contributed by atoms with Crippen molar-refractivity contribution in [1.82, 2.24) is 0 Å². The molecule has 1 saturated carbocycles. The Labute approximate surface area is 143 Å². The van der Waals surface area contributed by atoms with E-state index in [0.717, 1.165) is 25.7 Å². The van der Waals surface area contributed by atoms with Gasteiger partial charge in [-0.15, -0.1) is 0 Å². The molecule has 0 aromatic heterocycles. The topological polar surface area (TPSA) is 61.8 Å². The number of rotatable bonds is 7. The van der Waals surface area contributed by atoms with E-state index in [1.165, 1.54) is 14.2 Å². The van der Waals surface area contributed by atoms with E-state index >= 15 is 0 Å². The minimum atomic E-state index is -0.805. The van der Waals surface area contributed by atoms with Crippen molar-refractivity contribution >= 4 is 11.8 Å². The number of carbonyl (C=O) groups excluding carboxylic acids is 2. The highest BCUT2D eigenvalue weighted by Gasteiger charge is 2.40. The van der Waals surface area contributed by atoms with Crippen molar-refractivity contribution < 1.29 is 23.8 Å². The molecule has 0 radical (unpaired) electrons. The van der Waals surface area contributed by atoms with Crippen LogP contribution in [0.15, 0.2) is 18.2 Å². The van der Waals surface area contributed by atoms with E-state index in [-0.39, 0.29) is 17.8 Å². The van der Waals surface area contributed by atoms with Crippen LogP contribution in [-0.4, -0.2) is 32.1 Å². The summed E-state index contributed by atoms with van der Waals surface area (Å²) in [7, 11) is 3.01. The lowest BCUT2D eigenvalue weighted by molar-refractivity contribution is -0.152. The molecule has 1 atom stereocenters. The standard InChI is InChI=1S/C19H26O5/c1-12(2)24-19(21)16(13-8-5-6-9-13)18(20)17-14(22-3)10-7-11-15(17)23-4/h7,10-13,16H,5-6,8-9H2,1-4H3. The second-order valence-electron chi connectivity index (χ2n) is 6.41. The Bertz CT molecular complexity index is 565. The summed E-state index contributed by atoms with van der Waals surface area (Å²) in [6.07, 6.45) is 3.54. The Balaban J connectivity index is 2.42. The van der Waals surface area contributed by atoms with Gasteiger partial charge in [-0.3, -0.25) is 9.59 Å². The van der Waals surface area contributed by atoms with Crippen LogP contribution in [0.2, 0.25) is 0 Å². The maximum atomic E-state index is 13.3. The minimum Gasteiger partial charge on any atom is -0.496 e. The van der Waals surface area contributed by atoms with Gasteiger partial charge in [0.1, 0.15) is 23.0 Å². The monoisotopic (exact) mass is 334 g/mol. The molecule has 1 aromatic carbocycles. The number of esters is 1. The third-order valence-electron chi connectivity index (χ3n) is 4.43. The van der Waals surface area contributed by atoms with Crippen molar-refractivity contribution in [3.05, 3.63) is 23.8 Å². The van der Waals surface area contributed by atoms with Crippen molar-refractivity contribution in [2.45, 2.75) is 45.6 Å². The van der Waals surface area contributed by atoms with E-state index in [0.29, 0.717) is 17.1 Å². The molecule has 5 nitrogen and oxygen atoms in total. The maximum absolute atomic E-state index is 13.3. The Morgan fingerprint density at radius 3 is 2.04 bits per heavy atom. The first-order valence-corrected chi connectivity index (χ1v) is 8.45. The molecule has 1 unspecified atom stereocenters. The van der Waals surface area contributed by atoms with Gasteiger partial charge in [-0.1, -0.05) is 18.9 Å². The fraction of sp³-hybridized carbons (Fsp3) is 0.579. The van der Waals surface area contributed by atoms with Crippen LogP contribution in [0.5, 0.6) is 11.5 Å². The van der Waals surface area contributed by atoms with Gasteiger partial charge in [-0.05, 0) is 44.7 Å². The Morgan fingerprint density at radius 1 is 1.04 bits per heavy atom. The molecule has 132 valence electrons. The van der Waals surface area contributed by atoms with Gasteiger partial charge in [0.2, 0.25) is 0 Å². The number of hydrogen-bond donors (Lipinski definition) is 0. The van der Waals surface area contributed by atoms with Gasteiger partial charge in [0, 0.05) is 0 Å². The molecule has 0 amide bonds. The van der Waals surface area contributed by atoms with Crippen molar-refractivity contribution in [2.75, 3.05) is 14.2 Å². The lowest BCUT2D eigenvalue weighted by atomic mass is 9.84. The first-order valence-electron chi connectivity index (χ1n) is 8.45. The predicted molar refractivity (Wildman–Crippen MR) is 90.6 cm³/mol. The molecule has 24 heavy (non-hydrogen) atoms. The van der Waals surface area contributed by atoms with Crippen LogP contribution in [0.3, 0.4) is 0 Å². The minimum absolute atomic E-state index is 0.0124. The average Bonchev–Trinajstić information content (AvgIpc) is 3.07. The van der Waals surface area contributed by atoms with Gasteiger partial charge in [0.25, 0.3) is 0 Å². The SMILES string of the molecule is COc1cccc(OC)c1C(=O)C(C(=O)OC(C)C)C1CCCC1. The van der Waals surface area contributed by atoms with Crippen LogP contribution in [0.1, 0.15) is 49.9 Å². The Kier molecular flexibility index (Phi) is 6.23. The summed E-state index contributed by atoms with van der Waals surface area (Å²) in [4.78, 5) is 25.9. The van der Waals surface area contributed by atoms with Gasteiger partial charge in [-0.2, -0.15) is 0 Å². The fourth-order valence-electron chi connectivity index (χ4n) is 3.36. The zero-order valence-electron chi connectivity index (χ0n) is 14.8. The molecule has 0 heterocycles. The molecule has 1 aromatic rings. The average molecular weight is 334 g/mol. The molecular weight excluding hydrogens is 308 g/mol. The largest absolute Gasteiger partial charge is 0.496 e. The predicted octanol–water partition coefficient (Wildman–Crippen LogP) is 3.64. The molecule has 1 aliphatic rings. The Hall–Kier alpha value is -2.04. The summed E-state index contributed by atoms with van der Waals surface area (Å²) in [6, 6.07) is 5.16. The molecule has 1 fully saturated rings. The van der Waals surface area contributed by atoms with E-state index < -0.39 is 11.9 Å². The molecule has 2 rings (SSSR count). The van der Waals surface area contributed by atoms with Crippen LogP contribution in [0, 0.1) is 11.8 Å². The molecule has 0 aliphatic heterocycles. The number of Topliss-reactive ketones (excluding diaryl/α,β-unsaturated/α-hetero) is 1. The second-order valence-corrected chi connectivity index (χ2v) is 6.41. The third kappa shape index (κ3) is 3.89. The molecule has 5 heteroatoms. The first-order chi connectivity index (χ1) is 11.5. The lowest BCUT2D eigenvalue weighted by Gasteiger charge is -2.23. The quantitative estimate of drug-likeness (QED) is 0.433. The number of ketones is 1. The molecular formula is C19H26O5. The van der Waals surface area contributed by atoms with Crippen LogP contribution < -0.4 is 9.47 Å². The maximum Gasteiger partial charge on any atom is 0.317 e. The number of benzene rings is 1. The molecule has 1 aliphatic carbocycles. The van der Waals surface area contributed by atoms with Crippen molar-refractivity contribution in [2.24, 2.45) is 11.8 Å². The second kappa shape index (κ2) is 8.18. The number of methoxy groups -OCH3 is 2. The van der Waals surface area contributed by atoms with Crippen LogP contribution in [0.25, 0.3) is 0 Å². The lowest BCUT2D eigenvalue weighted by Crippen LogP contribution is -2.34. The van der Waals surface area contributed by atoms with Crippen molar-refractivity contribution in [1.29, 1.82) is 0 Å². The number of hydrogen-bond acceptors (Lipinski definition) is 5. The number of ether oxygens (including phenoxy) is 3. The summed E-state index contributed by atoms with van der Waals surface area (Å²) in [5.74, 6) is -0.686. The van der Waals surface area contributed by atoms with Gasteiger partial charge >= 0.3 is 5.97 Å². The van der Waals surface area contributed by atoms with Gasteiger partial charge in [0.15, 0.2) is 5.78 Å². The van der Waals surface area contributed by atoms with Gasteiger partial charge < -0.3 is 14.2 Å². The third-order valence-corrected chi connectivity index (χ3v) is 4.43. The molecule has 0 spiro atoms. The van der Waals surface area contributed by atoms with E-state index in [1.807, 2.05) is 0 Å². The van der Waals surface area contributed by atoms with Crippen LogP contribution in [-0.2, 0) is 9.53 Å². The summed E-state index contributed by atoms with van der Waals surface area (Å²) in [5.41, 5.74) is 0.320. The van der Waals surface area contributed by atoms with Gasteiger partial charge in [-0.25, -0.2) is 0 Å². The molecule has 0 N–H and O–H groups in total. The van der Waals surface area contributed by atoms with Crippen molar-refractivity contribution in [3.63, 3.8) is 0 Å². The first kappa shape index (κ1) is 18.3. The van der Waals surface area contributed by atoms with E-state index in [9.17, 15) is 9.59 Å². The smallest absolute Gasteiger partial charge is 0.317 e. The highest BCUT2D eigenvalue weighted by atomic mass is 16.5. The normalized spacial score (nSPS) is 16.0. The fourth-order valence-corrected chi connectivity index (χ4v) is 3.36. The van der Waals surface area contributed by atoms with Gasteiger partial charge in [0.05, 0.1) is 20.3 Å².